The predicted octanol–water partition coefficient (Wildman–Crippen LogP) is 1.74. The molecule has 0 radical (unpaired) electrons. The van der Waals surface area contributed by atoms with E-state index in [1.807, 2.05) is 19.1 Å². The lowest BCUT2D eigenvalue weighted by atomic mass is 9.85. The number of aliphatic imine (C=N–C) groups is 1. The second-order valence-corrected chi connectivity index (χ2v) is 8.13. The summed E-state index contributed by atoms with van der Waals surface area (Å²) in [7, 11) is 0. The number of rotatable bonds is 8. The molecule has 7 nitrogen and oxygen atoms in total. The van der Waals surface area contributed by atoms with Gasteiger partial charge in [0.15, 0.2) is 5.96 Å². The minimum absolute atomic E-state index is 0.00940. The van der Waals surface area contributed by atoms with Crippen LogP contribution in [0.2, 0.25) is 0 Å². The van der Waals surface area contributed by atoms with Gasteiger partial charge in [0.25, 0.3) is 0 Å². The second kappa shape index (κ2) is 8.27. The van der Waals surface area contributed by atoms with Crippen molar-refractivity contribution in [1.82, 2.24) is 15.5 Å². The van der Waals surface area contributed by atoms with Gasteiger partial charge in [-0.1, -0.05) is 24.3 Å². The third kappa shape index (κ3) is 3.99. The van der Waals surface area contributed by atoms with Crippen molar-refractivity contribution >= 4 is 17.8 Å². The number of nitrogens with one attached hydrogen (secondary N) is 2. The smallest absolute Gasteiger partial charge is 0.233 e. The van der Waals surface area contributed by atoms with E-state index in [0.717, 1.165) is 24.2 Å². The maximum Gasteiger partial charge on any atom is 0.233 e. The third-order valence-corrected chi connectivity index (χ3v) is 5.94. The zero-order chi connectivity index (χ0) is 20.4. The van der Waals surface area contributed by atoms with E-state index in [0.29, 0.717) is 32.1 Å². The van der Waals surface area contributed by atoms with Crippen LogP contribution in [0.5, 0.6) is 0 Å². The Bertz CT molecular complexity index is 812. The molecule has 1 saturated heterocycles. The number of amides is 2. The van der Waals surface area contributed by atoms with Crippen LogP contribution in [0.1, 0.15) is 19.1 Å². The third-order valence-electron chi connectivity index (χ3n) is 5.94. The summed E-state index contributed by atoms with van der Waals surface area (Å²) in [5.74, 6) is 1.74. The Balaban J connectivity index is 1.29. The molecular weight excluding hydrogens is 368 g/mol. The fourth-order valence-corrected chi connectivity index (χ4v) is 4.62. The zero-order valence-corrected chi connectivity index (χ0v) is 16.8. The first-order valence-electron chi connectivity index (χ1n) is 10.3. The van der Waals surface area contributed by atoms with Gasteiger partial charge in [0.1, 0.15) is 5.76 Å². The summed E-state index contributed by atoms with van der Waals surface area (Å²) < 4.78 is 5.34. The molecule has 0 spiro atoms. The van der Waals surface area contributed by atoms with Gasteiger partial charge in [0.05, 0.1) is 24.6 Å². The van der Waals surface area contributed by atoms with Crippen LogP contribution in [0.15, 0.2) is 52.1 Å². The number of hydrogen-bond acceptors (Lipinski definition) is 4. The summed E-state index contributed by atoms with van der Waals surface area (Å²) in [5.41, 5.74) is 0.956. The van der Waals surface area contributed by atoms with E-state index in [4.69, 9.17) is 4.42 Å². The van der Waals surface area contributed by atoms with Gasteiger partial charge in [-0.05, 0) is 37.3 Å². The number of imide groups is 1. The summed E-state index contributed by atoms with van der Waals surface area (Å²) in [6, 6.07) is 3.80. The first-order chi connectivity index (χ1) is 14.0. The van der Waals surface area contributed by atoms with Crippen molar-refractivity contribution in [2.24, 2.45) is 28.7 Å². The number of nitrogens with zero attached hydrogens (tertiary/aromatic N) is 2. The Morgan fingerprint density at radius 3 is 2.52 bits per heavy atom. The zero-order valence-electron chi connectivity index (χ0n) is 16.8. The summed E-state index contributed by atoms with van der Waals surface area (Å²) in [4.78, 5) is 31.5. The second-order valence-electron chi connectivity index (χ2n) is 8.13. The van der Waals surface area contributed by atoms with E-state index >= 15 is 0 Å². The topological polar surface area (TPSA) is 86.9 Å². The highest BCUT2D eigenvalue weighted by atomic mass is 16.3. The monoisotopic (exact) mass is 396 g/mol. The number of carbonyl (C=O) groups excluding carboxylic acids is 2. The van der Waals surface area contributed by atoms with Crippen molar-refractivity contribution < 1.29 is 14.0 Å². The minimum atomic E-state index is -0.138. The van der Waals surface area contributed by atoms with Gasteiger partial charge in [0, 0.05) is 26.1 Å². The summed E-state index contributed by atoms with van der Waals surface area (Å²) in [6.45, 7) is 7.80. The number of furan rings is 1. The average molecular weight is 396 g/mol. The van der Waals surface area contributed by atoms with Crippen LogP contribution >= 0.6 is 0 Å². The SMILES string of the molecule is C=C(C)CN=C(NCCc1ccco1)NCCN1C(=O)C2C3C=CC(C3)C2C1=O. The number of allylic oxidation sites excluding steroid dienone is 2. The Kier molecular flexibility index (Phi) is 5.56. The number of likely N-dealkylation sites (tertiary alicyclic amines) is 1. The minimum Gasteiger partial charge on any atom is -0.469 e. The molecule has 1 saturated carbocycles. The molecule has 7 heteroatoms. The predicted molar refractivity (Wildman–Crippen MR) is 110 cm³/mol. The van der Waals surface area contributed by atoms with Crippen molar-refractivity contribution in [2.45, 2.75) is 19.8 Å². The van der Waals surface area contributed by atoms with Crippen molar-refractivity contribution in [3.05, 3.63) is 48.5 Å². The van der Waals surface area contributed by atoms with Gasteiger partial charge in [-0.15, -0.1) is 0 Å². The molecule has 2 heterocycles. The molecule has 154 valence electrons. The lowest BCUT2D eigenvalue weighted by Gasteiger charge is -2.19. The summed E-state index contributed by atoms with van der Waals surface area (Å²) in [5, 5.41) is 6.50. The van der Waals surface area contributed by atoms with Gasteiger partial charge >= 0.3 is 0 Å². The molecule has 3 aliphatic rings. The number of carbonyl (C=O) groups is 2. The first-order valence-corrected chi connectivity index (χ1v) is 10.3. The van der Waals surface area contributed by atoms with Crippen molar-refractivity contribution in [3.63, 3.8) is 0 Å². The molecule has 29 heavy (non-hydrogen) atoms. The Labute approximate surface area is 170 Å². The molecule has 1 aromatic heterocycles. The normalized spacial score (nSPS) is 27.6. The maximum atomic E-state index is 12.8. The molecule has 2 fully saturated rings. The molecule has 4 atom stereocenters. The number of fused-ring (bicyclic) bond motifs is 5. The fraction of sp³-hybridized carbons (Fsp3) is 0.500. The molecule has 2 N–H and O–H groups in total. The molecule has 2 amide bonds. The van der Waals surface area contributed by atoms with Crippen LogP contribution in [0, 0.1) is 23.7 Å². The highest BCUT2D eigenvalue weighted by molar-refractivity contribution is 6.06. The van der Waals surface area contributed by atoms with Crippen LogP contribution in [0.25, 0.3) is 0 Å². The highest BCUT2D eigenvalue weighted by Gasteiger charge is 2.58. The lowest BCUT2D eigenvalue weighted by Crippen LogP contribution is -2.44. The van der Waals surface area contributed by atoms with Crippen LogP contribution in [-0.2, 0) is 16.0 Å². The Hall–Kier alpha value is -2.83. The largest absolute Gasteiger partial charge is 0.469 e. The van der Waals surface area contributed by atoms with Crippen LogP contribution in [0.3, 0.4) is 0 Å². The molecule has 2 bridgehead atoms. The molecule has 2 aliphatic carbocycles. The number of guanidine groups is 1. The Morgan fingerprint density at radius 2 is 1.90 bits per heavy atom. The van der Waals surface area contributed by atoms with Gasteiger partial charge < -0.3 is 15.1 Å². The Morgan fingerprint density at radius 1 is 1.21 bits per heavy atom. The van der Waals surface area contributed by atoms with E-state index < -0.39 is 0 Å². The molecule has 4 unspecified atom stereocenters. The van der Waals surface area contributed by atoms with Crippen molar-refractivity contribution in [3.8, 4) is 0 Å². The highest BCUT2D eigenvalue weighted by Crippen LogP contribution is 2.52. The van der Waals surface area contributed by atoms with E-state index in [9.17, 15) is 9.59 Å². The summed E-state index contributed by atoms with van der Waals surface area (Å²) in [6.07, 6.45) is 7.58. The standard InChI is InChI=1S/C22H28N4O3/c1-14(2)13-25-22(23-8-7-17-4-3-11-29-17)24-9-10-26-20(27)18-15-5-6-16(12-15)19(18)21(26)28/h3-6,11,15-16,18-19H,1,7-10,12-13H2,2H3,(H2,23,24,25). The quantitative estimate of drug-likeness (QED) is 0.303. The molecular formula is C22H28N4O3. The van der Waals surface area contributed by atoms with Crippen LogP contribution < -0.4 is 10.6 Å². The van der Waals surface area contributed by atoms with E-state index in [1.165, 1.54) is 4.90 Å². The van der Waals surface area contributed by atoms with Gasteiger partial charge in [-0.3, -0.25) is 14.5 Å². The lowest BCUT2D eigenvalue weighted by molar-refractivity contribution is -0.140. The maximum absolute atomic E-state index is 12.8. The van der Waals surface area contributed by atoms with Crippen LogP contribution in [0.4, 0.5) is 0 Å². The van der Waals surface area contributed by atoms with E-state index in [1.54, 1.807) is 6.26 Å². The fourth-order valence-electron chi connectivity index (χ4n) is 4.62. The van der Waals surface area contributed by atoms with Crippen molar-refractivity contribution in [1.29, 1.82) is 0 Å². The number of hydrogen-bond donors (Lipinski definition) is 2. The summed E-state index contributed by atoms with van der Waals surface area (Å²) >= 11 is 0. The van der Waals surface area contributed by atoms with Gasteiger partial charge in [0.2, 0.25) is 11.8 Å². The first kappa shape index (κ1) is 19.5. The average Bonchev–Trinajstić information content (AvgIpc) is 3.47. The molecule has 1 aromatic rings. The molecule has 0 aromatic carbocycles. The van der Waals surface area contributed by atoms with Gasteiger partial charge in [-0.2, -0.15) is 0 Å². The molecule has 4 rings (SSSR count). The van der Waals surface area contributed by atoms with Crippen LogP contribution in [-0.4, -0.2) is 48.9 Å². The van der Waals surface area contributed by atoms with E-state index in [2.05, 4.69) is 34.4 Å². The van der Waals surface area contributed by atoms with E-state index in [-0.39, 0.29) is 35.5 Å². The van der Waals surface area contributed by atoms with Crippen molar-refractivity contribution in [2.75, 3.05) is 26.2 Å². The molecule has 1 aliphatic heterocycles. The van der Waals surface area contributed by atoms with Gasteiger partial charge in [-0.25, -0.2) is 4.99 Å².